The summed E-state index contributed by atoms with van der Waals surface area (Å²) in [5, 5.41) is 2.09. The Morgan fingerprint density at radius 3 is 2.62 bits per heavy atom. The first-order valence-electron chi connectivity index (χ1n) is 8.49. The maximum Gasteiger partial charge on any atom is 0.227 e. The Hall–Kier alpha value is -3.27. The van der Waals surface area contributed by atoms with Crippen LogP contribution >= 0.6 is 0 Å². The molecular formula is C22H20N3O+. The molecule has 0 N–H and O–H groups in total. The Bertz CT molecular complexity index is 1180. The molecule has 0 saturated heterocycles. The first-order valence-corrected chi connectivity index (χ1v) is 8.49. The highest BCUT2D eigenvalue weighted by molar-refractivity contribution is 6.21. The van der Waals surface area contributed by atoms with Crippen LogP contribution in [0.4, 0.5) is 5.69 Å². The first kappa shape index (κ1) is 16.2. The van der Waals surface area contributed by atoms with Crippen molar-refractivity contribution in [3.63, 3.8) is 0 Å². The number of hydrogen-bond donors (Lipinski definition) is 0. The predicted octanol–water partition coefficient (Wildman–Crippen LogP) is 4.73. The van der Waals surface area contributed by atoms with E-state index in [1.807, 2.05) is 44.4 Å². The fourth-order valence-electron chi connectivity index (χ4n) is 3.48. The molecule has 2 aromatic heterocycles. The highest BCUT2D eigenvalue weighted by Gasteiger charge is 2.25. The van der Waals surface area contributed by atoms with Crippen LogP contribution in [-0.4, -0.2) is 36.1 Å². The van der Waals surface area contributed by atoms with Gasteiger partial charge in [-0.1, -0.05) is 24.3 Å². The van der Waals surface area contributed by atoms with Gasteiger partial charge in [-0.2, -0.15) is 0 Å². The maximum atomic E-state index is 6.19. The van der Waals surface area contributed by atoms with Crippen LogP contribution in [0.3, 0.4) is 0 Å². The van der Waals surface area contributed by atoms with Gasteiger partial charge in [-0.3, -0.25) is 4.99 Å². The Balaban J connectivity index is 2.13. The third kappa shape index (κ3) is 2.42. The zero-order valence-corrected chi connectivity index (χ0v) is 15.2. The number of fused-ring (bicyclic) bond motifs is 3. The van der Waals surface area contributed by atoms with Crippen molar-refractivity contribution in [3.05, 3.63) is 71.4 Å². The lowest BCUT2D eigenvalue weighted by atomic mass is 9.94. The van der Waals surface area contributed by atoms with Crippen molar-refractivity contribution in [1.82, 2.24) is 4.98 Å². The van der Waals surface area contributed by atoms with E-state index in [4.69, 9.17) is 4.42 Å². The van der Waals surface area contributed by atoms with Gasteiger partial charge in [0.1, 0.15) is 14.1 Å². The molecule has 2 heterocycles. The quantitative estimate of drug-likeness (QED) is 0.399. The molecule has 0 radical (unpaired) electrons. The second-order valence-electron chi connectivity index (χ2n) is 6.51. The van der Waals surface area contributed by atoms with Crippen LogP contribution in [0.5, 0.6) is 0 Å². The molecule has 4 nitrogen and oxygen atoms in total. The van der Waals surface area contributed by atoms with Crippen LogP contribution in [0, 0.1) is 6.92 Å². The van der Waals surface area contributed by atoms with Gasteiger partial charge in [-0.05, 0) is 43.5 Å². The van der Waals surface area contributed by atoms with Gasteiger partial charge in [0, 0.05) is 17.0 Å². The Morgan fingerprint density at radius 2 is 1.85 bits per heavy atom. The molecular weight excluding hydrogens is 322 g/mol. The average molecular weight is 342 g/mol. The monoisotopic (exact) mass is 342 g/mol. The van der Waals surface area contributed by atoms with Gasteiger partial charge in [0.05, 0.1) is 16.8 Å². The van der Waals surface area contributed by atoms with Crippen molar-refractivity contribution in [3.8, 4) is 0 Å². The third-order valence-corrected chi connectivity index (χ3v) is 4.64. The summed E-state index contributed by atoms with van der Waals surface area (Å²) in [6, 6.07) is 16.2. The molecule has 0 aliphatic rings. The van der Waals surface area contributed by atoms with Crippen molar-refractivity contribution in [1.29, 1.82) is 0 Å². The van der Waals surface area contributed by atoms with E-state index in [-0.39, 0.29) is 0 Å². The summed E-state index contributed by atoms with van der Waals surface area (Å²) in [5.74, 6) is 0. The minimum atomic E-state index is 0.655. The highest BCUT2D eigenvalue weighted by atomic mass is 16.3. The number of aromatic nitrogens is 1. The second-order valence-corrected chi connectivity index (χ2v) is 6.51. The van der Waals surface area contributed by atoms with E-state index in [0.717, 1.165) is 44.4 Å². The lowest BCUT2D eigenvalue weighted by molar-refractivity contribution is -0.463. The van der Waals surface area contributed by atoms with E-state index in [1.165, 1.54) is 0 Å². The lowest BCUT2D eigenvalue weighted by Crippen LogP contribution is -2.18. The summed E-state index contributed by atoms with van der Waals surface area (Å²) in [5.41, 5.74) is 6.62. The fourth-order valence-corrected chi connectivity index (χ4v) is 3.48. The van der Waals surface area contributed by atoms with Crippen LogP contribution < -0.4 is 0 Å². The van der Waals surface area contributed by atoms with Crippen LogP contribution in [0.25, 0.3) is 22.1 Å². The van der Waals surface area contributed by atoms with Crippen LogP contribution in [-0.2, 0) is 0 Å². The van der Waals surface area contributed by atoms with Crippen LogP contribution in [0.1, 0.15) is 16.7 Å². The summed E-state index contributed by atoms with van der Waals surface area (Å²) < 4.78 is 8.29. The first-order chi connectivity index (χ1) is 12.6. The maximum absolute atomic E-state index is 6.19. The summed E-state index contributed by atoms with van der Waals surface area (Å²) in [7, 11) is 4.07. The van der Waals surface area contributed by atoms with Gasteiger partial charge in [0.2, 0.25) is 11.4 Å². The third-order valence-electron chi connectivity index (χ3n) is 4.64. The van der Waals surface area contributed by atoms with E-state index in [1.54, 1.807) is 6.20 Å². The lowest BCUT2D eigenvalue weighted by Gasteiger charge is -2.10. The van der Waals surface area contributed by atoms with Crippen molar-refractivity contribution >= 4 is 40.2 Å². The smallest absolute Gasteiger partial charge is 0.227 e. The summed E-state index contributed by atoms with van der Waals surface area (Å²) in [6.45, 7) is 5.83. The van der Waals surface area contributed by atoms with Crippen molar-refractivity contribution < 1.29 is 8.99 Å². The van der Waals surface area contributed by atoms with Crippen molar-refractivity contribution in [2.24, 2.45) is 4.99 Å². The molecule has 0 fully saturated rings. The number of benzene rings is 2. The number of para-hydroxylation sites is 1. The standard InChI is InChI=1S/C22H20N3O/c1-14-11-12-15-16-9-7-13-24-22(16)26-21(15)19(14)20(25(3)4)17-8-5-6-10-18(17)23-2/h5-13H,2H2,1,3-4H3/q+1. The van der Waals surface area contributed by atoms with Crippen molar-refractivity contribution in [2.45, 2.75) is 6.92 Å². The zero-order chi connectivity index (χ0) is 18.3. The molecule has 4 heteroatoms. The van der Waals surface area contributed by atoms with E-state index in [0.29, 0.717) is 5.71 Å². The molecule has 0 atom stereocenters. The second kappa shape index (κ2) is 6.23. The molecule has 0 spiro atoms. The molecule has 0 unspecified atom stereocenters. The zero-order valence-electron chi connectivity index (χ0n) is 15.2. The number of aliphatic imine (C=N–C) groups is 1. The van der Waals surface area contributed by atoms with E-state index >= 15 is 0 Å². The molecule has 4 rings (SSSR count). The number of furan rings is 1. The van der Waals surface area contributed by atoms with Gasteiger partial charge < -0.3 is 4.42 Å². The fraction of sp³-hybridized carbons (Fsp3) is 0.136. The summed E-state index contributed by atoms with van der Waals surface area (Å²) in [4.78, 5) is 8.59. The molecule has 0 bridgehead atoms. The number of hydrogen-bond acceptors (Lipinski definition) is 3. The minimum absolute atomic E-state index is 0.655. The number of aryl methyl sites for hydroxylation is 1. The van der Waals surface area contributed by atoms with E-state index in [2.05, 4.69) is 46.4 Å². The van der Waals surface area contributed by atoms with Gasteiger partial charge >= 0.3 is 0 Å². The molecule has 2 aromatic carbocycles. The molecule has 128 valence electrons. The molecule has 4 aromatic rings. The minimum Gasteiger partial charge on any atom is -0.437 e. The van der Waals surface area contributed by atoms with E-state index < -0.39 is 0 Å². The Morgan fingerprint density at radius 1 is 1.04 bits per heavy atom. The van der Waals surface area contributed by atoms with Gasteiger partial charge in [0.15, 0.2) is 5.58 Å². The van der Waals surface area contributed by atoms with Gasteiger partial charge in [-0.15, -0.1) is 0 Å². The molecule has 0 aliphatic heterocycles. The molecule has 0 amide bonds. The van der Waals surface area contributed by atoms with Crippen LogP contribution in [0.15, 0.2) is 64.1 Å². The number of pyridine rings is 1. The molecule has 0 saturated carbocycles. The molecule has 0 aliphatic carbocycles. The summed E-state index contributed by atoms with van der Waals surface area (Å²) in [6.07, 6.45) is 1.75. The number of rotatable bonds is 3. The van der Waals surface area contributed by atoms with Crippen molar-refractivity contribution in [2.75, 3.05) is 14.1 Å². The predicted molar refractivity (Wildman–Crippen MR) is 107 cm³/mol. The van der Waals surface area contributed by atoms with Gasteiger partial charge in [0.25, 0.3) is 0 Å². The van der Waals surface area contributed by atoms with E-state index in [9.17, 15) is 0 Å². The van der Waals surface area contributed by atoms with Crippen LogP contribution in [0.2, 0.25) is 0 Å². The number of nitrogens with zero attached hydrogens (tertiary/aromatic N) is 3. The normalized spacial score (nSPS) is 11.0. The highest BCUT2D eigenvalue weighted by Crippen LogP contribution is 2.34. The van der Waals surface area contributed by atoms with Gasteiger partial charge in [-0.25, -0.2) is 9.56 Å². The summed E-state index contributed by atoms with van der Waals surface area (Å²) >= 11 is 0. The topological polar surface area (TPSA) is 41.4 Å². The average Bonchev–Trinajstić information content (AvgIpc) is 3.02. The largest absolute Gasteiger partial charge is 0.437 e. The molecule has 26 heavy (non-hydrogen) atoms. The Labute approximate surface area is 152 Å². The Kier molecular flexibility index (Phi) is 3.88. The SMILES string of the molecule is C=Nc1ccccc1C(c1c(C)ccc2c1oc1ncccc12)=[N+](C)C.